The highest BCUT2D eigenvalue weighted by Crippen LogP contribution is 2.26. The zero-order valence-electron chi connectivity index (χ0n) is 11.5. The highest BCUT2D eigenvalue weighted by Gasteiger charge is 2.27. The van der Waals surface area contributed by atoms with Crippen LogP contribution in [0, 0.1) is 0 Å². The number of rotatable bonds is 2. The molecule has 8 heteroatoms. The van der Waals surface area contributed by atoms with Gasteiger partial charge in [0, 0.05) is 5.56 Å². The molecule has 1 aliphatic rings. The van der Waals surface area contributed by atoms with Gasteiger partial charge in [-0.3, -0.25) is 14.9 Å². The Morgan fingerprint density at radius 2 is 1.87 bits per heavy atom. The lowest BCUT2D eigenvalue weighted by Gasteiger charge is -1.99. The van der Waals surface area contributed by atoms with Crippen molar-refractivity contribution in [1.29, 1.82) is 0 Å². The number of hydrogen-bond acceptors (Lipinski definition) is 5. The molecule has 2 aromatic rings. The summed E-state index contributed by atoms with van der Waals surface area (Å²) >= 11 is 9.58. The Morgan fingerprint density at radius 1 is 1.13 bits per heavy atom. The van der Waals surface area contributed by atoms with E-state index in [1.165, 1.54) is 6.21 Å². The first-order chi connectivity index (χ1) is 11.0. The van der Waals surface area contributed by atoms with Crippen molar-refractivity contribution in [3.8, 4) is 11.3 Å². The number of nitrogens with one attached hydrogen (secondary N) is 1. The molecule has 3 N–H and O–H groups in total. The van der Waals surface area contributed by atoms with Gasteiger partial charge in [0.1, 0.15) is 16.5 Å². The zero-order chi connectivity index (χ0) is 16.6. The highest BCUT2D eigenvalue weighted by atomic mass is 32.1. The number of nitrogens with zero attached hydrogens (tertiary/aromatic N) is 1. The van der Waals surface area contributed by atoms with Crippen LogP contribution in [0.5, 0.6) is 0 Å². The first-order valence-corrected chi connectivity index (χ1v) is 7.25. The van der Waals surface area contributed by atoms with Crippen LogP contribution in [0.2, 0.25) is 0 Å². The van der Waals surface area contributed by atoms with Crippen molar-refractivity contribution in [2.75, 3.05) is 0 Å². The molecule has 114 valence electrons. The van der Waals surface area contributed by atoms with Gasteiger partial charge in [-0.1, -0.05) is 30.5 Å². The Hall–Kier alpha value is -2.71. The van der Waals surface area contributed by atoms with Gasteiger partial charge in [0.05, 0.1) is 17.3 Å². The monoisotopic (exact) mass is 343 g/mol. The molecule has 0 spiro atoms. The summed E-state index contributed by atoms with van der Waals surface area (Å²) in [6.45, 7) is 0. The van der Waals surface area contributed by atoms with Gasteiger partial charge >= 0.3 is 0 Å². The van der Waals surface area contributed by atoms with Gasteiger partial charge in [-0.25, -0.2) is 4.99 Å². The predicted molar refractivity (Wildman–Crippen MR) is 92.9 cm³/mol. The molecular formula is C15H9N3O3S2. The number of aliphatic imine (C=N–C) groups is 1. The molecule has 3 rings (SSSR count). The number of thiocarbonyl (C=S) groups is 2. The van der Waals surface area contributed by atoms with E-state index in [4.69, 9.17) is 34.6 Å². The van der Waals surface area contributed by atoms with E-state index in [0.29, 0.717) is 28.2 Å². The van der Waals surface area contributed by atoms with E-state index >= 15 is 0 Å². The Balaban J connectivity index is 1.88. The van der Waals surface area contributed by atoms with Crippen LogP contribution >= 0.6 is 24.4 Å². The standard InChI is InChI=1S/C15H9N3O3S2/c16-12(22)15(23)17-6-8-2-4-11(21-8)7-1-3-9-10(5-7)14(20)18-13(9)19/h1-6H,(H2,16,22)(H,18,19,20). The Labute approximate surface area is 141 Å². The van der Waals surface area contributed by atoms with Gasteiger partial charge in [0.25, 0.3) is 11.8 Å². The molecule has 0 radical (unpaired) electrons. The van der Waals surface area contributed by atoms with Crippen LogP contribution in [-0.2, 0) is 0 Å². The minimum absolute atomic E-state index is 0.0392. The molecule has 1 aromatic heterocycles. The number of carbonyl (C=O) groups excluding carboxylic acids is 2. The summed E-state index contributed by atoms with van der Waals surface area (Å²) in [6.07, 6.45) is 1.41. The van der Waals surface area contributed by atoms with E-state index in [1.807, 2.05) is 0 Å². The van der Waals surface area contributed by atoms with Crippen LogP contribution in [0.1, 0.15) is 26.5 Å². The first kappa shape index (κ1) is 15.2. The average molecular weight is 343 g/mol. The fourth-order valence-corrected chi connectivity index (χ4v) is 2.19. The van der Waals surface area contributed by atoms with Crippen molar-refractivity contribution in [2.45, 2.75) is 0 Å². The van der Waals surface area contributed by atoms with Crippen LogP contribution in [0.15, 0.2) is 39.7 Å². The summed E-state index contributed by atoms with van der Waals surface area (Å²) in [6, 6.07) is 8.32. The van der Waals surface area contributed by atoms with Gasteiger partial charge in [0.2, 0.25) is 0 Å². The number of furan rings is 1. The van der Waals surface area contributed by atoms with Crippen LogP contribution < -0.4 is 11.1 Å². The summed E-state index contributed by atoms with van der Waals surface area (Å²) in [7, 11) is 0. The minimum atomic E-state index is -0.415. The van der Waals surface area contributed by atoms with Crippen molar-refractivity contribution in [1.82, 2.24) is 5.32 Å². The SMILES string of the molecule is NC(=S)C(=S)N=Cc1ccc(-c2ccc3c(c2)C(=O)NC3=O)o1. The van der Waals surface area contributed by atoms with E-state index in [2.05, 4.69) is 10.3 Å². The van der Waals surface area contributed by atoms with Crippen molar-refractivity contribution in [3.05, 3.63) is 47.2 Å². The number of carbonyl (C=O) groups is 2. The summed E-state index contributed by atoms with van der Waals surface area (Å²) in [4.78, 5) is 27.3. The third-order valence-electron chi connectivity index (χ3n) is 3.17. The number of amides is 2. The smallest absolute Gasteiger partial charge is 0.258 e. The molecule has 1 aliphatic heterocycles. The lowest BCUT2D eigenvalue weighted by molar-refractivity contribution is 0.0879. The molecule has 0 bridgehead atoms. The molecule has 6 nitrogen and oxygen atoms in total. The molecule has 1 aromatic carbocycles. The summed E-state index contributed by atoms with van der Waals surface area (Å²) in [5, 5.41) is 2.24. The van der Waals surface area contributed by atoms with Crippen molar-refractivity contribution < 1.29 is 14.0 Å². The van der Waals surface area contributed by atoms with Gasteiger partial charge in [0.15, 0.2) is 4.99 Å². The molecular weight excluding hydrogens is 334 g/mol. The van der Waals surface area contributed by atoms with E-state index in [0.717, 1.165) is 0 Å². The first-order valence-electron chi connectivity index (χ1n) is 6.43. The molecule has 2 heterocycles. The van der Waals surface area contributed by atoms with Crippen LogP contribution in [-0.4, -0.2) is 28.0 Å². The van der Waals surface area contributed by atoms with Crippen molar-refractivity contribution in [3.63, 3.8) is 0 Å². The Kier molecular flexibility index (Phi) is 3.85. The maximum absolute atomic E-state index is 11.7. The number of hydrogen-bond donors (Lipinski definition) is 2. The fraction of sp³-hybridized carbons (Fsp3) is 0. The second kappa shape index (κ2) is 5.82. The normalized spacial score (nSPS) is 13.2. The predicted octanol–water partition coefficient (Wildman–Crippen LogP) is 1.86. The fourth-order valence-electron chi connectivity index (χ4n) is 2.08. The molecule has 0 fully saturated rings. The zero-order valence-corrected chi connectivity index (χ0v) is 13.2. The van der Waals surface area contributed by atoms with E-state index in [1.54, 1.807) is 30.3 Å². The largest absolute Gasteiger partial charge is 0.455 e. The van der Waals surface area contributed by atoms with E-state index in [9.17, 15) is 9.59 Å². The number of fused-ring (bicyclic) bond motifs is 1. The number of nitrogens with two attached hydrogens (primary N) is 1. The third-order valence-corrected chi connectivity index (χ3v) is 3.81. The summed E-state index contributed by atoms with van der Waals surface area (Å²) in [5.41, 5.74) is 6.71. The highest BCUT2D eigenvalue weighted by molar-refractivity contribution is 7.89. The van der Waals surface area contributed by atoms with Crippen LogP contribution in [0.25, 0.3) is 11.3 Å². The summed E-state index contributed by atoms with van der Waals surface area (Å²) < 4.78 is 5.61. The molecule has 23 heavy (non-hydrogen) atoms. The minimum Gasteiger partial charge on any atom is -0.455 e. The second-order valence-corrected chi connectivity index (χ2v) is 5.50. The lowest BCUT2D eigenvalue weighted by Crippen LogP contribution is -2.19. The van der Waals surface area contributed by atoms with Gasteiger partial charge in [-0.2, -0.15) is 0 Å². The molecule has 0 aliphatic carbocycles. The topological polar surface area (TPSA) is 97.7 Å². The Morgan fingerprint density at radius 3 is 2.61 bits per heavy atom. The lowest BCUT2D eigenvalue weighted by atomic mass is 10.0. The van der Waals surface area contributed by atoms with Crippen molar-refractivity contribution >= 4 is 52.4 Å². The molecule has 0 saturated carbocycles. The second-order valence-electron chi connectivity index (χ2n) is 4.67. The Bertz CT molecular complexity index is 899. The van der Waals surface area contributed by atoms with E-state index in [-0.39, 0.29) is 9.98 Å². The molecule has 0 unspecified atom stereocenters. The van der Waals surface area contributed by atoms with Crippen molar-refractivity contribution in [2.24, 2.45) is 10.7 Å². The van der Waals surface area contributed by atoms with Gasteiger partial charge < -0.3 is 10.2 Å². The van der Waals surface area contributed by atoms with Crippen LogP contribution in [0.3, 0.4) is 0 Å². The van der Waals surface area contributed by atoms with Gasteiger partial charge in [-0.15, -0.1) is 0 Å². The average Bonchev–Trinajstić information content (AvgIpc) is 3.10. The van der Waals surface area contributed by atoms with Gasteiger partial charge in [-0.05, 0) is 24.3 Å². The third kappa shape index (κ3) is 2.94. The maximum atomic E-state index is 11.7. The maximum Gasteiger partial charge on any atom is 0.258 e. The summed E-state index contributed by atoms with van der Waals surface area (Å²) in [5.74, 6) is 0.180. The van der Waals surface area contributed by atoms with E-state index < -0.39 is 11.8 Å². The quantitative estimate of drug-likeness (QED) is 0.491. The van der Waals surface area contributed by atoms with Crippen LogP contribution in [0.4, 0.5) is 0 Å². The number of benzene rings is 1. The number of imide groups is 1. The molecule has 0 atom stereocenters. The molecule has 0 saturated heterocycles. The molecule has 2 amide bonds.